The van der Waals surface area contributed by atoms with Gasteiger partial charge in [0, 0.05) is 4.47 Å². The van der Waals surface area contributed by atoms with Crippen LogP contribution in [0.5, 0.6) is 0 Å². The molecule has 122 valence electrons. The van der Waals surface area contributed by atoms with Crippen molar-refractivity contribution in [3.8, 4) is 0 Å². The van der Waals surface area contributed by atoms with Crippen molar-refractivity contribution in [1.82, 2.24) is 4.98 Å². The normalized spacial score (nSPS) is 15.7. The Morgan fingerprint density at radius 3 is 2.75 bits per heavy atom. The summed E-state index contributed by atoms with van der Waals surface area (Å²) in [7, 11) is 0. The minimum absolute atomic E-state index is 0.198. The number of amides is 1. The van der Waals surface area contributed by atoms with Crippen LogP contribution in [0, 0.1) is 0 Å². The highest BCUT2D eigenvalue weighted by Gasteiger charge is 2.21. The summed E-state index contributed by atoms with van der Waals surface area (Å²) in [5, 5.41) is 0. The first-order chi connectivity index (χ1) is 11.6. The zero-order valence-electron chi connectivity index (χ0n) is 13.6. The molecule has 1 aromatic heterocycles. The van der Waals surface area contributed by atoms with E-state index in [4.69, 9.17) is 4.98 Å². The molecule has 1 aliphatic rings. The first-order valence-corrected chi connectivity index (χ1v) is 8.83. The number of hydrogen-bond acceptors (Lipinski definition) is 2. The van der Waals surface area contributed by atoms with Crippen LogP contribution in [-0.4, -0.2) is 10.9 Å². The van der Waals surface area contributed by atoms with E-state index < -0.39 is 0 Å². The zero-order valence-corrected chi connectivity index (χ0v) is 15.2. The van der Waals surface area contributed by atoms with Crippen LogP contribution in [0.4, 0.5) is 11.5 Å². The van der Waals surface area contributed by atoms with Crippen LogP contribution in [0.15, 0.2) is 59.6 Å². The molecule has 0 fully saturated rings. The molecule has 0 saturated heterocycles. The third-order valence-electron chi connectivity index (χ3n) is 4.28. The number of benzene rings is 1. The fourth-order valence-electron chi connectivity index (χ4n) is 2.99. The quantitative estimate of drug-likeness (QED) is 0.644. The van der Waals surface area contributed by atoms with Gasteiger partial charge in [-0.05, 0) is 66.8 Å². The third-order valence-corrected chi connectivity index (χ3v) is 4.81. The monoisotopic (exact) mass is 382 g/mol. The molecule has 0 aliphatic heterocycles. The van der Waals surface area contributed by atoms with Crippen LogP contribution in [0.25, 0.3) is 6.08 Å². The number of pyridine rings is 1. The van der Waals surface area contributed by atoms with Gasteiger partial charge >= 0.3 is 0 Å². The molecule has 3 rings (SSSR count). The van der Waals surface area contributed by atoms with E-state index in [1.54, 1.807) is 4.90 Å². The smallest absolute Gasteiger partial charge is 0.256 e. The number of carbonyl (C=O) groups excluding carboxylic acids is 1. The van der Waals surface area contributed by atoms with Gasteiger partial charge in [0.25, 0.3) is 5.91 Å². The minimum Gasteiger partial charge on any atom is -0.269 e. The van der Waals surface area contributed by atoms with Gasteiger partial charge in [-0.25, -0.2) is 4.98 Å². The number of fused-ring (bicyclic) bond motifs is 1. The van der Waals surface area contributed by atoms with Crippen molar-refractivity contribution >= 4 is 39.4 Å². The second-order valence-corrected chi connectivity index (χ2v) is 6.66. The van der Waals surface area contributed by atoms with E-state index in [0.29, 0.717) is 11.7 Å². The van der Waals surface area contributed by atoms with Gasteiger partial charge in [-0.2, -0.15) is 0 Å². The SMILES string of the molecule is C=CC(=O)N(c1ccc(Br)cc1)c1ccc2c(n1)C=CCC2CC. The number of halogens is 1. The van der Waals surface area contributed by atoms with Gasteiger partial charge in [-0.15, -0.1) is 0 Å². The Balaban J connectivity index is 2.06. The van der Waals surface area contributed by atoms with Crippen LogP contribution in [0.3, 0.4) is 0 Å². The lowest BCUT2D eigenvalue weighted by Gasteiger charge is -2.24. The van der Waals surface area contributed by atoms with E-state index in [1.165, 1.54) is 11.6 Å². The fraction of sp³-hybridized carbons (Fsp3) is 0.200. The number of rotatable bonds is 4. The molecule has 1 amide bonds. The number of allylic oxidation sites excluding steroid dienone is 1. The van der Waals surface area contributed by atoms with Crippen molar-refractivity contribution in [3.05, 3.63) is 70.9 Å². The summed E-state index contributed by atoms with van der Waals surface area (Å²) in [6.45, 7) is 5.81. The Hall–Kier alpha value is -2.20. The predicted molar refractivity (Wildman–Crippen MR) is 102 cm³/mol. The molecular weight excluding hydrogens is 364 g/mol. The molecule has 24 heavy (non-hydrogen) atoms. The largest absolute Gasteiger partial charge is 0.269 e. The van der Waals surface area contributed by atoms with Crippen LogP contribution >= 0.6 is 15.9 Å². The van der Waals surface area contributed by atoms with Gasteiger partial charge in [0.15, 0.2) is 0 Å². The van der Waals surface area contributed by atoms with E-state index in [9.17, 15) is 4.79 Å². The number of anilines is 2. The minimum atomic E-state index is -0.198. The van der Waals surface area contributed by atoms with Crippen LogP contribution < -0.4 is 4.90 Å². The highest BCUT2D eigenvalue weighted by atomic mass is 79.9. The topological polar surface area (TPSA) is 33.2 Å². The first kappa shape index (κ1) is 16.7. The molecule has 0 N–H and O–H groups in total. The van der Waals surface area contributed by atoms with Crippen molar-refractivity contribution in [1.29, 1.82) is 0 Å². The van der Waals surface area contributed by atoms with E-state index in [2.05, 4.69) is 41.6 Å². The summed E-state index contributed by atoms with van der Waals surface area (Å²) in [6, 6.07) is 11.6. The number of aromatic nitrogens is 1. The third kappa shape index (κ3) is 3.20. The standard InChI is InChI=1S/C20H19BrN2O/c1-3-14-6-5-7-18-17(14)12-13-19(22-18)23(20(24)4-2)16-10-8-15(21)9-11-16/h4-5,7-14H,2-3,6H2,1H3. The maximum Gasteiger partial charge on any atom is 0.256 e. The Morgan fingerprint density at radius 2 is 2.08 bits per heavy atom. The molecule has 4 heteroatoms. The van der Waals surface area contributed by atoms with Gasteiger partial charge < -0.3 is 0 Å². The van der Waals surface area contributed by atoms with Crippen LogP contribution in [0.1, 0.15) is 36.9 Å². The average molecular weight is 383 g/mol. The molecule has 0 saturated carbocycles. The molecule has 1 aliphatic carbocycles. The summed E-state index contributed by atoms with van der Waals surface area (Å²) in [5.41, 5.74) is 2.97. The number of hydrogen-bond donors (Lipinski definition) is 0. The molecule has 3 nitrogen and oxygen atoms in total. The highest BCUT2D eigenvalue weighted by molar-refractivity contribution is 9.10. The molecular formula is C20H19BrN2O. The lowest BCUT2D eigenvalue weighted by atomic mass is 9.88. The van der Waals surface area contributed by atoms with Crippen molar-refractivity contribution in [2.75, 3.05) is 4.90 Å². The second kappa shape index (κ2) is 7.14. The molecule has 1 heterocycles. The number of nitrogens with zero attached hydrogens (tertiary/aromatic N) is 2. The van der Waals surface area contributed by atoms with Crippen molar-refractivity contribution in [2.45, 2.75) is 25.7 Å². The Labute approximate surface area is 150 Å². The summed E-state index contributed by atoms with van der Waals surface area (Å²) in [5.74, 6) is 0.918. The fourth-order valence-corrected chi connectivity index (χ4v) is 3.25. The molecule has 1 aromatic carbocycles. The van der Waals surface area contributed by atoms with Gasteiger partial charge in [0.05, 0.1) is 11.4 Å². The molecule has 1 atom stereocenters. The van der Waals surface area contributed by atoms with E-state index in [1.807, 2.05) is 36.4 Å². The summed E-state index contributed by atoms with van der Waals surface area (Å²) >= 11 is 3.42. The second-order valence-electron chi connectivity index (χ2n) is 5.74. The Kier molecular flexibility index (Phi) is 4.95. The first-order valence-electron chi connectivity index (χ1n) is 8.03. The molecule has 0 radical (unpaired) electrons. The van der Waals surface area contributed by atoms with Crippen molar-refractivity contribution < 1.29 is 4.79 Å². The average Bonchev–Trinajstić information content (AvgIpc) is 2.62. The van der Waals surface area contributed by atoms with E-state index in [0.717, 1.165) is 28.7 Å². The lowest BCUT2D eigenvalue weighted by Crippen LogP contribution is -2.25. The molecule has 0 spiro atoms. The predicted octanol–water partition coefficient (Wildman–Crippen LogP) is 5.61. The van der Waals surface area contributed by atoms with E-state index in [-0.39, 0.29) is 5.91 Å². The lowest BCUT2D eigenvalue weighted by molar-refractivity contribution is -0.113. The summed E-state index contributed by atoms with van der Waals surface area (Å²) < 4.78 is 0.962. The number of carbonyl (C=O) groups is 1. The van der Waals surface area contributed by atoms with Gasteiger partial charge in [0.1, 0.15) is 5.82 Å². The Bertz CT molecular complexity index is 796. The van der Waals surface area contributed by atoms with Gasteiger partial charge in [-0.1, -0.05) is 41.6 Å². The van der Waals surface area contributed by atoms with Crippen molar-refractivity contribution in [3.63, 3.8) is 0 Å². The zero-order chi connectivity index (χ0) is 17.1. The summed E-state index contributed by atoms with van der Waals surface area (Å²) in [6.07, 6.45) is 7.65. The van der Waals surface area contributed by atoms with Gasteiger partial charge in [-0.3, -0.25) is 9.69 Å². The summed E-state index contributed by atoms with van der Waals surface area (Å²) in [4.78, 5) is 18.7. The van der Waals surface area contributed by atoms with Crippen LogP contribution in [0.2, 0.25) is 0 Å². The van der Waals surface area contributed by atoms with Crippen molar-refractivity contribution in [2.24, 2.45) is 0 Å². The molecule has 1 unspecified atom stereocenters. The van der Waals surface area contributed by atoms with Gasteiger partial charge in [0.2, 0.25) is 0 Å². The molecule has 2 aromatic rings. The van der Waals surface area contributed by atoms with E-state index >= 15 is 0 Å². The highest BCUT2D eigenvalue weighted by Crippen LogP contribution is 2.34. The van der Waals surface area contributed by atoms with Crippen LogP contribution in [-0.2, 0) is 4.79 Å². The Morgan fingerprint density at radius 1 is 1.33 bits per heavy atom. The maximum absolute atomic E-state index is 12.4. The molecule has 0 bridgehead atoms. The maximum atomic E-state index is 12.4.